The van der Waals surface area contributed by atoms with Crippen molar-refractivity contribution in [1.82, 2.24) is 10.4 Å². The normalized spacial score (nSPS) is 12.4. The van der Waals surface area contributed by atoms with Gasteiger partial charge in [-0.05, 0) is 23.6 Å². The van der Waals surface area contributed by atoms with Crippen LogP contribution in [0.3, 0.4) is 0 Å². The molecule has 1 heterocycles. The van der Waals surface area contributed by atoms with Gasteiger partial charge < -0.3 is 0 Å². The van der Waals surface area contributed by atoms with Crippen molar-refractivity contribution in [3.63, 3.8) is 0 Å². The van der Waals surface area contributed by atoms with Gasteiger partial charge in [0.2, 0.25) is 0 Å². The molecule has 0 bridgehead atoms. The van der Waals surface area contributed by atoms with E-state index in [-0.39, 0.29) is 11.9 Å². The van der Waals surface area contributed by atoms with Crippen molar-refractivity contribution in [2.75, 3.05) is 0 Å². The first kappa shape index (κ1) is 13.6. The lowest BCUT2D eigenvalue weighted by Gasteiger charge is -2.18. The first-order valence-electron chi connectivity index (χ1n) is 6.40. The molecule has 3 N–H and O–H groups in total. The SMILES string of the molecule is CCCc1cccc(C(NN)c2ccncc2F)c1. The first-order valence-corrected chi connectivity index (χ1v) is 6.40. The molecule has 4 heteroatoms. The monoisotopic (exact) mass is 259 g/mol. The Labute approximate surface area is 112 Å². The zero-order valence-corrected chi connectivity index (χ0v) is 10.9. The van der Waals surface area contributed by atoms with Crippen molar-refractivity contribution >= 4 is 0 Å². The fourth-order valence-electron chi connectivity index (χ4n) is 2.20. The van der Waals surface area contributed by atoms with Crippen LogP contribution < -0.4 is 11.3 Å². The molecule has 19 heavy (non-hydrogen) atoms. The smallest absolute Gasteiger partial charge is 0.146 e. The number of nitrogens with two attached hydrogens (primary N) is 1. The summed E-state index contributed by atoms with van der Waals surface area (Å²) in [6.45, 7) is 2.13. The number of aromatic nitrogens is 1. The van der Waals surface area contributed by atoms with Gasteiger partial charge in [0.15, 0.2) is 0 Å². The lowest BCUT2D eigenvalue weighted by Crippen LogP contribution is -2.29. The van der Waals surface area contributed by atoms with Crippen molar-refractivity contribution in [1.29, 1.82) is 0 Å². The van der Waals surface area contributed by atoms with Crippen LogP contribution in [0, 0.1) is 5.82 Å². The molecule has 3 nitrogen and oxygen atoms in total. The zero-order valence-electron chi connectivity index (χ0n) is 10.9. The van der Waals surface area contributed by atoms with Gasteiger partial charge in [0.05, 0.1) is 12.2 Å². The molecule has 100 valence electrons. The lowest BCUT2D eigenvalue weighted by atomic mass is 9.97. The summed E-state index contributed by atoms with van der Waals surface area (Å²) >= 11 is 0. The lowest BCUT2D eigenvalue weighted by molar-refractivity contribution is 0.555. The maximum atomic E-state index is 13.8. The third kappa shape index (κ3) is 3.16. The standard InChI is InChI=1S/C15H18FN3/c1-2-4-11-5-3-6-12(9-11)15(19-17)13-7-8-18-10-14(13)16/h3,5-10,15,19H,2,4,17H2,1H3. The van der Waals surface area contributed by atoms with Crippen molar-refractivity contribution in [3.8, 4) is 0 Å². The van der Waals surface area contributed by atoms with Gasteiger partial charge in [-0.15, -0.1) is 0 Å². The predicted octanol–water partition coefficient (Wildman–Crippen LogP) is 2.73. The fraction of sp³-hybridized carbons (Fsp3) is 0.267. The predicted molar refractivity (Wildman–Crippen MR) is 73.8 cm³/mol. The summed E-state index contributed by atoms with van der Waals surface area (Å²) in [6.07, 6.45) is 4.85. The van der Waals surface area contributed by atoms with E-state index in [0.29, 0.717) is 5.56 Å². The molecular formula is C15H18FN3. The van der Waals surface area contributed by atoms with E-state index in [1.54, 1.807) is 12.3 Å². The summed E-state index contributed by atoms with van der Waals surface area (Å²) < 4.78 is 13.8. The number of hydrogen-bond acceptors (Lipinski definition) is 3. The maximum Gasteiger partial charge on any atom is 0.146 e. The third-order valence-corrected chi connectivity index (χ3v) is 3.10. The Bertz CT molecular complexity index is 542. The van der Waals surface area contributed by atoms with Crippen LogP contribution in [0.4, 0.5) is 4.39 Å². The highest BCUT2D eigenvalue weighted by molar-refractivity contribution is 5.34. The number of halogens is 1. The summed E-state index contributed by atoms with van der Waals surface area (Å²) in [5.41, 5.74) is 5.37. The molecule has 1 atom stereocenters. The third-order valence-electron chi connectivity index (χ3n) is 3.10. The number of nitrogens with zero attached hydrogens (tertiary/aromatic N) is 1. The second-order valence-electron chi connectivity index (χ2n) is 4.49. The van der Waals surface area contributed by atoms with Gasteiger partial charge in [-0.3, -0.25) is 10.8 Å². The minimum Gasteiger partial charge on any atom is -0.271 e. The number of nitrogens with one attached hydrogen (secondary N) is 1. The van der Waals surface area contributed by atoms with Crippen LogP contribution in [0.5, 0.6) is 0 Å². The van der Waals surface area contributed by atoms with Crippen molar-refractivity contribution in [3.05, 3.63) is 65.2 Å². The van der Waals surface area contributed by atoms with Crippen LogP contribution in [-0.2, 0) is 6.42 Å². The summed E-state index contributed by atoms with van der Waals surface area (Å²) in [5.74, 6) is 5.24. The van der Waals surface area contributed by atoms with E-state index in [2.05, 4.69) is 29.5 Å². The molecule has 2 rings (SSSR count). The average Bonchev–Trinajstić information content (AvgIpc) is 2.43. The molecule has 0 saturated carbocycles. The van der Waals surface area contributed by atoms with Gasteiger partial charge in [0, 0.05) is 11.8 Å². The molecule has 1 aromatic carbocycles. The van der Waals surface area contributed by atoms with Gasteiger partial charge in [0.25, 0.3) is 0 Å². The zero-order chi connectivity index (χ0) is 13.7. The topological polar surface area (TPSA) is 50.9 Å². The average molecular weight is 259 g/mol. The quantitative estimate of drug-likeness (QED) is 0.641. The summed E-state index contributed by atoms with van der Waals surface area (Å²) in [5, 5.41) is 0. The molecule has 1 aromatic heterocycles. The minimum absolute atomic E-state index is 0.355. The Morgan fingerprint density at radius 2 is 2.21 bits per heavy atom. The van der Waals surface area contributed by atoms with E-state index in [0.717, 1.165) is 18.4 Å². The molecule has 0 aliphatic heterocycles. The fourth-order valence-corrected chi connectivity index (χ4v) is 2.20. The van der Waals surface area contributed by atoms with Crippen molar-refractivity contribution in [2.24, 2.45) is 5.84 Å². The Balaban J connectivity index is 2.37. The highest BCUT2D eigenvalue weighted by Gasteiger charge is 2.16. The van der Waals surface area contributed by atoms with Crippen molar-refractivity contribution in [2.45, 2.75) is 25.8 Å². The number of pyridine rings is 1. The molecule has 0 aliphatic carbocycles. The Hall–Kier alpha value is -1.78. The second kappa shape index (κ2) is 6.41. The number of aryl methyl sites for hydroxylation is 1. The molecule has 0 amide bonds. The van der Waals surface area contributed by atoms with E-state index in [4.69, 9.17) is 5.84 Å². The van der Waals surface area contributed by atoms with Gasteiger partial charge in [-0.1, -0.05) is 37.6 Å². The Morgan fingerprint density at radius 1 is 1.37 bits per heavy atom. The highest BCUT2D eigenvalue weighted by Crippen LogP contribution is 2.24. The van der Waals surface area contributed by atoms with E-state index < -0.39 is 0 Å². The largest absolute Gasteiger partial charge is 0.271 e. The Morgan fingerprint density at radius 3 is 2.89 bits per heavy atom. The summed E-state index contributed by atoms with van der Waals surface area (Å²) in [7, 11) is 0. The van der Waals surface area contributed by atoms with Crippen LogP contribution in [0.1, 0.15) is 36.1 Å². The van der Waals surface area contributed by atoms with Crippen LogP contribution in [0.15, 0.2) is 42.7 Å². The Kier molecular flexibility index (Phi) is 4.60. The van der Waals surface area contributed by atoms with E-state index >= 15 is 0 Å². The molecule has 0 radical (unpaired) electrons. The van der Waals surface area contributed by atoms with Gasteiger partial charge in [-0.25, -0.2) is 9.82 Å². The second-order valence-corrected chi connectivity index (χ2v) is 4.49. The minimum atomic E-state index is -0.361. The maximum absolute atomic E-state index is 13.8. The molecule has 2 aromatic rings. The highest BCUT2D eigenvalue weighted by atomic mass is 19.1. The van der Waals surface area contributed by atoms with Gasteiger partial charge >= 0.3 is 0 Å². The van der Waals surface area contributed by atoms with Gasteiger partial charge in [0.1, 0.15) is 5.82 Å². The van der Waals surface area contributed by atoms with Crippen LogP contribution in [0.2, 0.25) is 0 Å². The number of benzene rings is 1. The van der Waals surface area contributed by atoms with E-state index in [1.165, 1.54) is 11.8 Å². The van der Waals surface area contributed by atoms with Crippen molar-refractivity contribution < 1.29 is 4.39 Å². The van der Waals surface area contributed by atoms with E-state index in [1.807, 2.05) is 12.1 Å². The summed E-state index contributed by atoms with van der Waals surface area (Å²) in [4.78, 5) is 3.76. The van der Waals surface area contributed by atoms with Crippen LogP contribution >= 0.6 is 0 Å². The van der Waals surface area contributed by atoms with Crippen LogP contribution in [0.25, 0.3) is 0 Å². The van der Waals surface area contributed by atoms with Crippen LogP contribution in [-0.4, -0.2) is 4.98 Å². The number of hydrogen-bond donors (Lipinski definition) is 2. The summed E-state index contributed by atoms with van der Waals surface area (Å²) in [6, 6.07) is 9.34. The molecule has 0 spiro atoms. The first-order chi connectivity index (χ1) is 9.26. The van der Waals surface area contributed by atoms with E-state index in [9.17, 15) is 4.39 Å². The molecule has 0 saturated heterocycles. The number of rotatable bonds is 5. The van der Waals surface area contributed by atoms with Gasteiger partial charge in [-0.2, -0.15) is 0 Å². The molecule has 0 fully saturated rings. The number of hydrazine groups is 1. The molecule has 0 aliphatic rings. The molecular weight excluding hydrogens is 241 g/mol. The molecule has 1 unspecified atom stereocenters.